The first-order chi connectivity index (χ1) is 10.3. The number of fused-ring (bicyclic) bond motifs is 1. The van der Waals surface area contributed by atoms with Gasteiger partial charge in [-0.2, -0.15) is 0 Å². The fraction of sp³-hybridized carbons (Fsp3) is 0.562. The summed E-state index contributed by atoms with van der Waals surface area (Å²) in [6.07, 6.45) is 4.45. The highest BCUT2D eigenvalue weighted by Crippen LogP contribution is 2.28. The zero-order valence-corrected chi connectivity index (χ0v) is 12.0. The minimum absolute atomic E-state index is 0.0848. The molecule has 1 aromatic carbocycles. The van der Waals surface area contributed by atoms with E-state index >= 15 is 0 Å². The molecule has 5 heteroatoms. The zero-order chi connectivity index (χ0) is 14.7. The summed E-state index contributed by atoms with van der Waals surface area (Å²) in [6.45, 7) is 1.05. The van der Waals surface area contributed by atoms with Crippen LogP contribution in [0.1, 0.15) is 25.7 Å². The van der Waals surface area contributed by atoms with Gasteiger partial charge in [-0.3, -0.25) is 4.79 Å². The van der Waals surface area contributed by atoms with Gasteiger partial charge >= 0.3 is 0 Å². The molecule has 4 nitrogen and oxygen atoms in total. The average Bonchev–Trinajstić information content (AvgIpc) is 2.53. The number of hydrogen-bond acceptors (Lipinski definition) is 3. The summed E-state index contributed by atoms with van der Waals surface area (Å²) in [7, 11) is 0. The van der Waals surface area contributed by atoms with Crippen LogP contribution in [0.3, 0.4) is 0 Å². The maximum absolute atomic E-state index is 13.5. The molecule has 1 aliphatic carbocycles. The van der Waals surface area contributed by atoms with E-state index in [0.717, 1.165) is 25.7 Å². The van der Waals surface area contributed by atoms with Crippen LogP contribution >= 0.6 is 0 Å². The Bertz CT molecular complexity index is 506. The van der Waals surface area contributed by atoms with Crippen LogP contribution in [0.4, 0.5) is 4.39 Å². The van der Waals surface area contributed by atoms with Gasteiger partial charge in [0.1, 0.15) is 0 Å². The summed E-state index contributed by atoms with van der Waals surface area (Å²) in [4.78, 5) is 14.2. The molecule has 0 aromatic heterocycles. The van der Waals surface area contributed by atoms with Gasteiger partial charge in [-0.25, -0.2) is 4.39 Å². The van der Waals surface area contributed by atoms with Crippen molar-refractivity contribution in [2.45, 2.75) is 37.8 Å². The van der Waals surface area contributed by atoms with E-state index in [0.29, 0.717) is 13.2 Å². The number of carbonyl (C=O) groups is 1. The van der Waals surface area contributed by atoms with Crippen molar-refractivity contribution in [3.63, 3.8) is 0 Å². The van der Waals surface area contributed by atoms with E-state index in [-0.39, 0.29) is 30.4 Å². The topological polar surface area (TPSA) is 38.8 Å². The first-order valence-corrected chi connectivity index (χ1v) is 7.54. The van der Waals surface area contributed by atoms with Gasteiger partial charge in [-0.15, -0.1) is 0 Å². The maximum Gasteiger partial charge on any atom is 0.260 e. The standard InChI is InChI=1S/C16H20FNO3/c17-12-5-1-3-7-14(12)21-11-16(19)18-9-10-20-15-8-4-2-6-13(15)18/h1,3,5,7,13,15H,2,4,6,8-11H2/t13-,15-/m1/s1. The molecule has 1 saturated carbocycles. The highest BCUT2D eigenvalue weighted by molar-refractivity contribution is 5.78. The Morgan fingerprint density at radius 1 is 1.33 bits per heavy atom. The van der Waals surface area contributed by atoms with Crippen LogP contribution in [0.25, 0.3) is 0 Å². The second kappa shape index (κ2) is 6.43. The summed E-state index contributed by atoms with van der Waals surface area (Å²) in [6, 6.07) is 6.30. The molecule has 0 radical (unpaired) electrons. The number of para-hydroxylation sites is 1. The minimum atomic E-state index is -0.442. The van der Waals surface area contributed by atoms with Crippen molar-refractivity contribution in [1.29, 1.82) is 0 Å². The van der Waals surface area contributed by atoms with Crippen LogP contribution < -0.4 is 4.74 Å². The Hall–Kier alpha value is -1.62. The Kier molecular flexibility index (Phi) is 4.39. The summed E-state index contributed by atoms with van der Waals surface area (Å²) in [5, 5.41) is 0. The van der Waals surface area contributed by atoms with E-state index in [2.05, 4.69) is 0 Å². The lowest BCUT2D eigenvalue weighted by molar-refractivity contribution is -0.151. The number of ether oxygens (including phenoxy) is 2. The van der Waals surface area contributed by atoms with E-state index in [4.69, 9.17) is 9.47 Å². The molecule has 3 rings (SSSR count). The van der Waals surface area contributed by atoms with Gasteiger partial charge in [0.15, 0.2) is 18.2 Å². The smallest absolute Gasteiger partial charge is 0.260 e. The van der Waals surface area contributed by atoms with E-state index < -0.39 is 5.82 Å². The highest BCUT2D eigenvalue weighted by atomic mass is 19.1. The third-order valence-corrected chi connectivity index (χ3v) is 4.24. The molecule has 2 aliphatic rings. The molecule has 21 heavy (non-hydrogen) atoms. The monoisotopic (exact) mass is 293 g/mol. The third-order valence-electron chi connectivity index (χ3n) is 4.24. The summed E-state index contributed by atoms with van der Waals surface area (Å²) >= 11 is 0. The Morgan fingerprint density at radius 3 is 3.00 bits per heavy atom. The summed E-state index contributed by atoms with van der Waals surface area (Å²) in [5.74, 6) is -0.402. The van der Waals surface area contributed by atoms with E-state index in [9.17, 15) is 9.18 Å². The first-order valence-electron chi connectivity index (χ1n) is 7.54. The van der Waals surface area contributed by atoms with Crippen LogP contribution in [-0.4, -0.2) is 42.7 Å². The van der Waals surface area contributed by atoms with Gasteiger partial charge in [0.2, 0.25) is 0 Å². The van der Waals surface area contributed by atoms with Gasteiger partial charge in [-0.1, -0.05) is 25.0 Å². The van der Waals surface area contributed by atoms with Crippen LogP contribution in [0, 0.1) is 5.82 Å². The number of carbonyl (C=O) groups excluding carboxylic acids is 1. The first kappa shape index (κ1) is 14.3. The highest BCUT2D eigenvalue weighted by Gasteiger charge is 2.36. The van der Waals surface area contributed by atoms with Gasteiger partial charge in [0.05, 0.1) is 18.8 Å². The predicted octanol–water partition coefficient (Wildman–Crippen LogP) is 2.37. The fourth-order valence-corrected chi connectivity index (χ4v) is 3.19. The summed E-state index contributed by atoms with van der Waals surface area (Å²) < 4.78 is 24.6. The fourth-order valence-electron chi connectivity index (χ4n) is 3.19. The van der Waals surface area contributed by atoms with Gasteiger partial charge in [0, 0.05) is 6.54 Å². The molecule has 1 amide bonds. The second-order valence-electron chi connectivity index (χ2n) is 5.57. The van der Waals surface area contributed by atoms with Gasteiger partial charge in [-0.05, 0) is 25.0 Å². The molecule has 1 aliphatic heterocycles. The number of benzene rings is 1. The van der Waals surface area contributed by atoms with Crippen molar-refractivity contribution in [2.75, 3.05) is 19.8 Å². The molecule has 1 saturated heterocycles. The molecular formula is C16H20FNO3. The number of hydrogen-bond donors (Lipinski definition) is 0. The Balaban J connectivity index is 1.60. The number of rotatable bonds is 3. The molecule has 2 fully saturated rings. The van der Waals surface area contributed by atoms with Crippen LogP contribution in [0.5, 0.6) is 5.75 Å². The third kappa shape index (κ3) is 3.18. The van der Waals surface area contributed by atoms with Crippen molar-refractivity contribution in [2.24, 2.45) is 0 Å². The van der Waals surface area contributed by atoms with Crippen molar-refractivity contribution >= 4 is 5.91 Å². The van der Waals surface area contributed by atoms with Crippen molar-refractivity contribution in [1.82, 2.24) is 4.90 Å². The Morgan fingerprint density at radius 2 is 2.14 bits per heavy atom. The van der Waals surface area contributed by atoms with E-state index in [1.807, 2.05) is 4.90 Å². The van der Waals surface area contributed by atoms with Crippen molar-refractivity contribution in [3.05, 3.63) is 30.1 Å². The average molecular weight is 293 g/mol. The lowest BCUT2D eigenvalue weighted by Gasteiger charge is -2.43. The molecule has 0 N–H and O–H groups in total. The second-order valence-corrected chi connectivity index (χ2v) is 5.57. The maximum atomic E-state index is 13.5. The largest absolute Gasteiger partial charge is 0.481 e. The number of morpholine rings is 1. The normalized spacial score (nSPS) is 25.3. The van der Waals surface area contributed by atoms with Crippen LogP contribution in [0.15, 0.2) is 24.3 Å². The molecule has 0 unspecified atom stereocenters. The van der Waals surface area contributed by atoms with Crippen molar-refractivity contribution in [3.8, 4) is 5.75 Å². The number of nitrogens with zero attached hydrogens (tertiary/aromatic N) is 1. The SMILES string of the molecule is O=C(COc1ccccc1F)N1CCO[C@@H]2CCCC[C@H]21. The van der Waals surface area contributed by atoms with Crippen LogP contribution in [-0.2, 0) is 9.53 Å². The molecule has 0 spiro atoms. The number of amides is 1. The predicted molar refractivity (Wildman–Crippen MR) is 75.6 cm³/mol. The van der Waals surface area contributed by atoms with Gasteiger partial charge < -0.3 is 14.4 Å². The zero-order valence-electron chi connectivity index (χ0n) is 12.0. The van der Waals surface area contributed by atoms with Gasteiger partial charge in [0.25, 0.3) is 5.91 Å². The lowest BCUT2D eigenvalue weighted by atomic mass is 9.90. The van der Waals surface area contributed by atoms with E-state index in [1.54, 1.807) is 12.1 Å². The summed E-state index contributed by atoms with van der Waals surface area (Å²) in [5.41, 5.74) is 0. The van der Waals surface area contributed by atoms with Crippen molar-refractivity contribution < 1.29 is 18.7 Å². The minimum Gasteiger partial charge on any atom is -0.481 e. The molecule has 114 valence electrons. The van der Waals surface area contributed by atoms with E-state index in [1.165, 1.54) is 12.1 Å². The molecule has 0 bridgehead atoms. The Labute approximate surface area is 123 Å². The molecule has 1 heterocycles. The molecule has 1 aromatic rings. The van der Waals surface area contributed by atoms with Crippen LogP contribution in [0.2, 0.25) is 0 Å². The molecule has 2 atom stereocenters. The lowest BCUT2D eigenvalue weighted by Crippen LogP contribution is -2.55. The quantitative estimate of drug-likeness (QED) is 0.859. The number of halogens is 1. The molecular weight excluding hydrogens is 273 g/mol.